The van der Waals surface area contributed by atoms with Gasteiger partial charge in [0.2, 0.25) is 5.13 Å². The predicted molar refractivity (Wildman–Crippen MR) is 155 cm³/mol. The van der Waals surface area contributed by atoms with E-state index >= 15 is 0 Å². The Labute approximate surface area is 234 Å². The van der Waals surface area contributed by atoms with Crippen LogP contribution >= 0.6 is 11.3 Å². The number of aromatic carboxylic acids is 1. The van der Waals surface area contributed by atoms with Crippen LogP contribution in [-0.4, -0.2) is 36.6 Å². The largest absolute Gasteiger partial charge is 0.612 e. The zero-order valence-corrected chi connectivity index (χ0v) is 23.0. The number of aromatic nitrogens is 3. The van der Waals surface area contributed by atoms with Crippen molar-refractivity contribution in [3.05, 3.63) is 107 Å². The molecule has 6 nitrogen and oxygen atoms in total. The van der Waals surface area contributed by atoms with E-state index in [1.165, 1.54) is 24.2 Å². The number of rotatable bonds is 9. The van der Waals surface area contributed by atoms with E-state index in [4.69, 9.17) is 5.10 Å². The van der Waals surface area contributed by atoms with Crippen molar-refractivity contribution in [2.24, 2.45) is 5.92 Å². The number of benzene rings is 3. The molecule has 2 heterocycles. The highest BCUT2D eigenvalue weighted by molar-refractivity contribution is 7.90. The molecule has 196 valence electrons. The summed E-state index contributed by atoms with van der Waals surface area (Å²) in [6.07, 6.45) is 5.56. The van der Waals surface area contributed by atoms with Gasteiger partial charge in [-0.3, -0.25) is 0 Å². The van der Waals surface area contributed by atoms with Gasteiger partial charge in [-0.1, -0.05) is 60.7 Å². The lowest BCUT2D eigenvalue weighted by Crippen LogP contribution is -2.06. The molecule has 1 aliphatic carbocycles. The molecule has 39 heavy (non-hydrogen) atoms. The number of thiazole rings is 1. The number of hydrogen-bond donors (Lipinski definition) is 1. The van der Waals surface area contributed by atoms with E-state index in [1.807, 2.05) is 47.1 Å². The van der Waals surface area contributed by atoms with E-state index in [0.717, 1.165) is 50.5 Å². The molecule has 5 aromatic rings. The van der Waals surface area contributed by atoms with Crippen LogP contribution in [0.1, 0.15) is 40.2 Å². The number of carboxylic acid groups (broad SMARTS) is 1. The maximum absolute atomic E-state index is 11.9. The van der Waals surface area contributed by atoms with Crippen molar-refractivity contribution >= 4 is 28.5 Å². The number of carboxylic acids is 1. The van der Waals surface area contributed by atoms with Crippen LogP contribution in [0.25, 0.3) is 27.5 Å². The van der Waals surface area contributed by atoms with Gasteiger partial charge in [0.25, 0.3) is 0 Å². The van der Waals surface area contributed by atoms with Crippen molar-refractivity contribution in [3.63, 3.8) is 0 Å². The molecular weight excluding hydrogens is 526 g/mol. The van der Waals surface area contributed by atoms with E-state index in [9.17, 15) is 14.5 Å². The Balaban J connectivity index is 1.50. The lowest BCUT2D eigenvalue weighted by Gasteiger charge is -2.10. The molecule has 0 radical (unpaired) electrons. The quantitative estimate of drug-likeness (QED) is 0.207. The van der Waals surface area contributed by atoms with Crippen LogP contribution < -0.4 is 0 Å². The predicted octanol–water partition coefficient (Wildman–Crippen LogP) is 6.64. The summed E-state index contributed by atoms with van der Waals surface area (Å²) >= 11 is 0.260. The third-order valence-corrected chi connectivity index (χ3v) is 8.79. The minimum atomic E-state index is -1.04. The second-order valence-electron chi connectivity index (χ2n) is 9.88. The molecule has 0 spiro atoms. The molecule has 0 amide bonds. The lowest BCUT2D eigenvalue weighted by molar-refractivity contribution is 0.0691. The van der Waals surface area contributed by atoms with Gasteiger partial charge in [-0.05, 0) is 71.2 Å². The summed E-state index contributed by atoms with van der Waals surface area (Å²) in [5, 5.41) is 16.7. The Morgan fingerprint density at radius 3 is 2.41 bits per heavy atom. The molecule has 1 fully saturated rings. The highest BCUT2D eigenvalue weighted by atomic mass is 32.2. The summed E-state index contributed by atoms with van der Waals surface area (Å²) in [5.74, 6) is -0.454. The van der Waals surface area contributed by atoms with Crippen LogP contribution in [0.5, 0.6) is 0 Å². The summed E-state index contributed by atoms with van der Waals surface area (Å²) in [5.41, 5.74) is 7.44. The molecule has 0 aliphatic heterocycles. The molecule has 1 N–H and O–H groups in total. The van der Waals surface area contributed by atoms with E-state index in [-0.39, 0.29) is 5.69 Å². The first-order valence-corrected chi connectivity index (χ1v) is 15.3. The molecule has 1 aliphatic rings. The molecule has 1 unspecified atom stereocenters. The molecule has 1 atom stereocenters. The average molecular weight is 554 g/mol. The summed E-state index contributed by atoms with van der Waals surface area (Å²) < 4.78 is 13.8. The van der Waals surface area contributed by atoms with Gasteiger partial charge in [0.1, 0.15) is 6.26 Å². The fourth-order valence-corrected chi connectivity index (χ4v) is 6.10. The third kappa shape index (κ3) is 5.54. The fourth-order valence-electron chi connectivity index (χ4n) is 4.81. The summed E-state index contributed by atoms with van der Waals surface area (Å²) in [7, 11) is 0. The summed E-state index contributed by atoms with van der Waals surface area (Å²) in [6.45, 7) is 0. The lowest BCUT2D eigenvalue weighted by atomic mass is 9.95. The number of carbonyl (C=O) groups is 1. The Morgan fingerprint density at radius 1 is 1.03 bits per heavy atom. The smallest absolute Gasteiger partial charge is 0.355 e. The Kier molecular flexibility index (Phi) is 7.08. The zero-order valence-electron chi connectivity index (χ0n) is 21.4. The molecule has 3 aromatic carbocycles. The van der Waals surface area contributed by atoms with Crippen molar-refractivity contribution in [1.29, 1.82) is 0 Å². The van der Waals surface area contributed by atoms with Crippen LogP contribution in [0.4, 0.5) is 0 Å². The van der Waals surface area contributed by atoms with Crippen LogP contribution in [0.2, 0.25) is 0 Å². The van der Waals surface area contributed by atoms with Crippen LogP contribution in [0.15, 0.2) is 89.1 Å². The molecule has 2 aromatic heterocycles. The van der Waals surface area contributed by atoms with Crippen LogP contribution in [-0.2, 0) is 24.0 Å². The van der Waals surface area contributed by atoms with Gasteiger partial charge in [0, 0.05) is 22.9 Å². The summed E-state index contributed by atoms with van der Waals surface area (Å²) in [4.78, 5) is 16.8. The first-order chi connectivity index (χ1) is 19.0. The Bertz CT molecular complexity index is 1620. The van der Waals surface area contributed by atoms with Crippen molar-refractivity contribution in [3.8, 4) is 27.5 Å². The Hall–Kier alpha value is -3.72. The van der Waals surface area contributed by atoms with Crippen molar-refractivity contribution in [2.75, 3.05) is 6.26 Å². The second-order valence-corrected chi connectivity index (χ2v) is 12.1. The van der Waals surface area contributed by atoms with Crippen molar-refractivity contribution in [1.82, 2.24) is 14.8 Å². The summed E-state index contributed by atoms with van der Waals surface area (Å²) in [6, 6.07) is 26.6. The average Bonchev–Trinajstić information content (AvgIpc) is 3.51. The minimum absolute atomic E-state index is 0.0280. The van der Waals surface area contributed by atoms with Gasteiger partial charge >= 0.3 is 5.97 Å². The zero-order chi connectivity index (χ0) is 26.9. The van der Waals surface area contributed by atoms with Crippen LogP contribution in [0, 0.1) is 5.92 Å². The maximum Gasteiger partial charge on any atom is 0.355 e. The van der Waals surface area contributed by atoms with Crippen molar-refractivity contribution < 1.29 is 14.5 Å². The molecule has 0 saturated heterocycles. The monoisotopic (exact) mass is 553 g/mol. The minimum Gasteiger partial charge on any atom is -0.612 e. The highest BCUT2D eigenvalue weighted by Gasteiger charge is 2.29. The number of hydrogen-bond acceptors (Lipinski definition) is 5. The first kappa shape index (κ1) is 25.6. The van der Waals surface area contributed by atoms with E-state index in [2.05, 4.69) is 41.4 Å². The second kappa shape index (κ2) is 10.8. The molecule has 8 heteroatoms. The van der Waals surface area contributed by atoms with Gasteiger partial charge < -0.3 is 9.66 Å². The molecule has 6 rings (SSSR count). The van der Waals surface area contributed by atoms with Crippen molar-refractivity contribution in [2.45, 2.75) is 30.6 Å². The highest BCUT2D eigenvalue weighted by Crippen LogP contribution is 2.38. The fraction of sp³-hybridized carbons (Fsp3) is 0.194. The number of nitrogens with zero attached hydrogens (tertiary/aromatic N) is 3. The van der Waals surface area contributed by atoms with Gasteiger partial charge in [-0.2, -0.15) is 5.10 Å². The van der Waals surface area contributed by atoms with E-state index in [1.54, 1.807) is 11.6 Å². The molecular formula is C31H27N3O3S2. The standard InChI is InChI=1S/C31H27N3O3S2/c1-39(37)25-14-12-20(13-15-25)16-26-28(17-21-10-11-21)34(31-32-27(19-38-31)30(35)36)33-29(26)24-9-5-8-23(18-24)22-6-3-2-4-7-22/h2-9,12-15,18-19,21H,10-11,16-17H2,1H3,(H,35,36). The van der Waals surface area contributed by atoms with Gasteiger partial charge in [0.15, 0.2) is 10.6 Å². The maximum atomic E-state index is 11.9. The topological polar surface area (TPSA) is 91.1 Å². The van der Waals surface area contributed by atoms with E-state index in [0.29, 0.717) is 17.5 Å². The van der Waals surface area contributed by atoms with Gasteiger partial charge in [0.05, 0.1) is 11.4 Å². The van der Waals surface area contributed by atoms with Crippen LogP contribution in [0.3, 0.4) is 0 Å². The van der Waals surface area contributed by atoms with Gasteiger partial charge in [-0.25, -0.2) is 14.5 Å². The molecule has 1 saturated carbocycles. The Morgan fingerprint density at radius 2 is 1.74 bits per heavy atom. The normalized spacial score (nSPS) is 13.9. The van der Waals surface area contributed by atoms with Gasteiger partial charge in [-0.15, -0.1) is 11.3 Å². The third-order valence-electron chi connectivity index (χ3n) is 7.04. The SMILES string of the molecule is C[S+]([O-])c1ccc(Cc2c(-c3cccc(-c4ccccc4)c3)nn(-c3nc(C(=O)O)cs3)c2CC2CC2)cc1. The van der Waals surface area contributed by atoms with E-state index < -0.39 is 17.1 Å². The first-order valence-electron chi connectivity index (χ1n) is 12.8. The molecule has 0 bridgehead atoms.